The lowest BCUT2D eigenvalue weighted by Crippen LogP contribution is -2.22. The molecule has 1 aromatic heterocycles. The van der Waals surface area contributed by atoms with Crippen LogP contribution in [0.15, 0.2) is 18.5 Å². The second-order valence-electron chi connectivity index (χ2n) is 4.25. The largest absolute Gasteiger partial charge is 0.478 e. The third-order valence-electron chi connectivity index (χ3n) is 2.77. The maximum absolute atomic E-state index is 10.4. The zero-order valence-corrected chi connectivity index (χ0v) is 9.58. The molecule has 0 unspecified atom stereocenters. The van der Waals surface area contributed by atoms with Crippen LogP contribution in [0, 0.1) is 5.92 Å². The summed E-state index contributed by atoms with van der Waals surface area (Å²) in [6.45, 7) is 2.49. The number of rotatable bonds is 4. The SMILES string of the molecule is O=C(O)/C=C/c1cnn(C[C@@H]2CCCOC2)c1. The molecule has 1 aromatic rings. The summed E-state index contributed by atoms with van der Waals surface area (Å²) in [5, 5.41) is 12.7. The first-order valence-corrected chi connectivity index (χ1v) is 5.75. The second kappa shape index (κ2) is 5.63. The van der Waals surface area contributed by atoms with Gasteiger partial charge in [-0.3, -0.25) is 4.68 Å². The van der Waals surface area contributed by atoms with Gasteiger partial charge in [-0.25, -0.2) is 4.79 Å². The van der Waals surface area contributed by atoms with E-state index < -0.39 is 5.97 Å². The van der Waals surface area contributed by atoms with Gasteiger partial charge in [0.1, 0.15) is 0 Å². The van der Waals surface area contributed by atoms with Crippen LogP contribution in [0.3, 0.4) is 0 Å². The number of carboxylic acids is 1. The molecule has 1 fully saturated rings. The summed E-state index contributed by atoms with van der Waals surface area (Å²) in [5.74, 6) is -0.432. The molecule has 1 saturated heterocycles. The fraction of sp³-hybridized carbons (Fsp3) is 0.500. The van der Waals surface area contributed by atoms with Crippen LogP contribution in [0.5, 0.6) is 0 Å². The smallest absolute Gasteiger partial charge is 0.328 e. The third kappa shape index (κ3) is 3.71. The zero-order chi connectivity index (χ0) is 12.1. The summed E-state index contributed by atoms with van der Waals surface area (Å²) >= 11 is 0. The van der Waals surface area contributed by atoms with Gasteiger partial charge in [0.25, 0.3) is 0 Å². The molecule has 1 atom stereocenters. The Balaban J connectivity index is 1.91. The van der Waals surface area contributed by atoms with E-state index in [0.717, 1.165) is 37.8 Å². The molecule has 0 spiro atoms. The summed E-state index contributed by atoms with van der Waals surface area (Å²) in [6, 6.07) is 0. The molecular formula is C12H16N2O3. The van der Waals surface area contributed by atoms with E-state index in [1.54, 1.807) is 12.3 Å². The van der Waals surface area contributed by atoms with Crippen molar-refractivity contribution in [3.05, 3.63) is 24.0 Å². The highest BCUT2D eigenvalue weighted by Crippen LogP contribution is 2.15. The highest BCUT2D eigenvalue weighted by atomic mass is 16.5. The van der Waals surface area contributed by atoms with Crippen molar-refractivity contribution < 1.29 is 14.6 Å². The van der Waals surface area contributed by atoms with Crippen LogP contribution in [-0.4, -0.2) is 34.1 Å². The molecule has 2 rings (SSSR count). The van der Waals surface area contributed by atoms with Crippen LogP contribution in [0.1, 0.15) is 18.4 Å². The number of carbonyl (C=O) groups is 1. The molecule has 0 aromatic carbocycles. The first-order valence-electron chi connectivity index (χ1n) is 5.75. The van der Waals surface area contributed by atoms with Crippen LogP contribution in [-0.2, 0) is 16.1 Å². The molecule has 0 aliphatic carbocycles. The number of hydrogen-bond donors (Lipinski definition) is 1. The third-order valence-corrected chi connectivity index (χ3v) is 2.77. The number of nitrogens with zero attached hydrogens (tertiary/aromatic N) is 2. The normalized spacial score (nSPS) is 20.8. The standard InChI is InChI=1S/C12H16N2O3/c15-12(16)4-3-10-6-13-14(7-10)8-11-2-1-5-17-9-11/h3-4,6-7,11H,1-2,5,8-9H2,(H,15,16)/b4-3+/t11-/m0/s1. The molecule has 17 heavy (non-hydrogen) atoms. The van der Waals surface area contributed by atoms with Gasteiger partial charge in [0.15, 0.2) is 0 Å². The molecule has 1 aliphatic heterocycles. The lowest BCUT2D eigenvalue weighted by atomic mass is 10.0. The molecule has 92 valence electrons. The van der Waals surface area contributed by atoms with Crippen molar-refractivity contribution in [3.63, 3.8) is 0 Å². The summed E-state index contributed by atoms with van der Waals surface area (Å²) in [5.41, 5.74) is 0.809. The highest BCUT2D eigenvalue weighted by molar-refractivity contribution is 5.85. The minimum absolute atomic E-state index is 0.514. The Morgan fingerprint density at radius 1 is 1.71 bits per heavy atom. The van der Waals surface area contributed by atoms with Crippen molar-refractivity contribution >= 4 is 12.0 Å². The maximum atomic E-state index is 10.4. The molecule has 1 N–H and O–H groups in total. The number of ether oxygens (including phenoxy) is 1. The Kier molecular flexibility index (Phi) is 3.93. The van der Waals surface area contributed by atoms with E-state index in [0.29, 0.717) is 5.92 Å². The van der Waals surface area contributed by atoms with E-state index in [4.69, 9.17) is 9.84 Å². The molecule has 5 heteroatoms. The van der Waals surface area contributed by atoms with Gasteiger partial charge in [-0.15, -0.1) is 0 Å². The lowest BCUT2D eigenvalue weighted by Gasteiger charge is -2.21. The average molecular weight is 236 g/mol. The van der Waals surface area contributed by atoms with E-state index in [-0.39, 0.29) is 0 Å². The number of hydrogen-bond acceptors (Lipinski definition) is 3. The molecule has 0 bridgehead atoms. The maximum Gasteiger partial charge on any atom is 0.328 e. The van der Waals surface area contributed by atoms with Crippen LogP contribution in [0.25, 0.3) is 6.08 Å². The van der Waals surface area contributed by atoms with Gasteiger partial charge in [-0.2, -0.15) is 5.10 Å². The summed E-state index contributed by atoms with van der Waals surface area (Å²) in [7, 11) is 0. The lowest BCUT2D eigenvalue weighted by molar-refractivity contribution is -0.131. The minimum atomic E-state index is -0.946. The Labute approximate surface area is 99.7 Å². The molecular weight excluding hydrogens is 220 g/mol. The van der Waals surface area contributed by atoms with Crippen molar-refractivity contribution in [1.29, 1.82) is 0 Å². The van der Waals surface area contributed by atoms with Crippen molar-refractivity contribution in [2.24, 2.45) is 5.92 Å². The molecule has 5 nitrogen and oxygen atoms in total. The van der Waals surface area contributed by atoms with Crippen LogP contribution < -0.4 is 0 Å². The molecule has 0 radical (unpaired) electrons. The molecule has 2 heterocycles. The van der Waals surface area contributed by atoms with Crippen LogP contribution in [0.4, 0.5) is 0 Å². The second-order valence-corrected chi connectivity index (χ2v) is 4.25. The van der Waals surface area contributed by atoms with Crippen LogP contribution in [0.2, 0.25) is 0 Å². The predicted octanol–water partition coefficient (Wildman–Crippen LogP) is 1.41. The quantitative estimate of drug-likeness (QED) is 0.803. The first-order chi connectivity index (χ1) is 8.24. The number of carboxylic acid groups (broad SMARTS) is 1. The minimum Gasteiger partial charge on any atom is -0.478 e. The topological polar surface area (TPSA) is 64.3 Å². The predicted molar refractivity (Wildman–Crippen MR) is 62.4 cm³/mol. The average Bonchev–Trinajstić information content (AvgIpc) is 2.75. The van der Waals surface area contributed by atoms with Crippen LogP contribution >= 0.6 is 0 Å². The van der Waals surface area contributed by atoms with E-state index >= 15 is 0 Å². The molecule has 0 amide bonds. The van der Waals surface area contributed by atoms with Crippen molar-refractivity contribution in [3.8, 4) is 0 Å². The van der Waals surface area contributed by atoms with E-state index in [1.165, 1.54) is 6.42 Å². The Morgan fingerprint density at radius 2 is 2.59 bits per heavy atom. The van der Waals surface area contributed by atoms with Gasteiger partial charge in [0.2, 0.25) is 0 Å². The van der Waals surface area contributed by atoms with Gasteiger partial charge in [0, 0.05) is 36.9 Å². The van der Waals surface area contributed by atoms with E-state index in [1.807, 2.05) is 10.9 Å². The number of aliphatic carboxylic acids is 1. The Bertz CT molecular complexity index is 406. The fourth-order valence-corrected chi connectivity index (χ4v) is 1.95. The van der Waals surface area contributed by atoms with Gasteiger partial charge >= 0.3 is 5.97 Å². The monoisotopic (exact) mass is 236 g/mol. The summed E-state index contributed by atoms with van der Waals surface area (Å²) in [4.78, 5) is 10.4. The summed E-state index contributed by atoms with van der Waals surface area (Å²) < 4.78 is 7.26. The van der Waals surface area contributed by atoms with Gasteiger partial charge in [0.05, 0.1) is 12.8 Å². The van der Waals surface area contributed by atoms with Gasteiger partial charge in [-0.05, 0) is 18.9 Å². The van der Waals surface area contributed by atoms with Gasteiger partial charge < -0.3 is 9.84 Å². The Hall–Kier alpha value is -1.62. The van der Waals surface area contributed by atoms with Crippen molar-refractivity contribution in [2.45, 2.75) is 19.4 Å². The van der Waals surface area contributed by atoms with Gasteiger partial charge in [-0.1, -0.05) is 0 Å². The zero-order valence-electron chi connectivity index (χ0n) is 9.58. The fourth-order valence-electron chi connectivity index (χ4n) is 1.95. The Morgan fingerprint density at radius 3 is 3.29 bits per heavy atom. The summed E-state index contributed by atoms with van der Waals surface area (Å²) in [6.07, 6.45) is 8.46. The van der Waals surface area contributed by atoms with Crippen molar-refractivity contribution in [2.75, 3.05) is 13.2 Å². The molecule has 0 saturated carbocycles. The highest BCUT2D eigenvalue weighted by Gasteiger charge is 2.14. The van der Waals surface area contributed by atoms with E-state index in [9.17, 15) is 4.79 Å². The number of aromatic nitrogens is 2. The van der Waals surface area contributed by atoms with E-state index in [2.05, 4.69) is 5.10 Å². The van der Waals surface area contributed by atoms with Crippen molar-refractivity contribution in [1.82, 2.24) is 9.78 Å². The molecule has 1 aliphatic rings. The first kappa shape index (κ1) is 11.9.